The van der Waals surface area contributed by atoms with Gasteiger partial charge in [-0.2, -0.15) is 0 Å². The molecule has 0 radical (unpaired) electrons. The van der Waals surface area contributed by atoms with Gasteiger partial charge in [0.25, 0.3) is 5.91 Å². The minimum absolute atomic E-state index is 0.0115. The van der Waals surface area contributed by atoms with Gasteiger partial charge < -0.3 is 14.6 Å². The van der Waals surface area contributed by atoms with Crippen molar-refractivity contribution in [1.82, 2.24) is 19.8 Å². The molecule has 0 bridgehead atoms. The molecule has 0 saturated carbocycles. The highest BCUT2D eigenvalue weighted by molar-refractivity contribution is 7.16. The van der Waals surface area contributed by atoms with Gasteiger partial charge in [0.2, 0.25) is 0 Å². The van der Waals surface area contributed by atoms with Crippen LogP contribution in [0.4, 0.5) is 0 Å². The van der Waals surface area contributed by atoms with Crippen molar-refractivity contribution in [3.8, 4) is 5.13 Å². The molecule has 1 amide bonds. The number of nitrogens with one attached hydrogen (secondary N) is 1. The number of morpholine rings is 1. The van der Waals surface area contributed by atoms with Crippen LogP contribution in [0.25, 0.3) is 5.13 Å². The monoisotopic (exact) mass is 348 g/mol. The lowest BCUT2D eigenvalue weighted by Crippen LogP contribution is -2.41. The number of carbonyl (C=O) groups is 1. The van der Waals surface area contributed by atoms with Crippen molar-refractivity contribution < 1.29 is 9.53 Å². The van der Waals surface area contributed by atoms with Gasteiger partial charge in [0.05, 0.1) is 18.9 Å². The van der Waals surface area contributed by atoms with Crippen LogP contribution in [-0.2, 0) is 11.2 Å². The van der Waals surface area contributed by atoms with E-state index in [1.807, 2.05) is 29.1 Å². The Morgan fingerprint density at radius 1 is 1.33 bits per heavy atom. The summed E-state index contributed by atoms with van der Waals surface area (Å²) in [7, 11) is 0. The van der Waals surface area contributed by atoms with Crippen molar-refractivity contribution in [3.05, 3.63) is 35.1 Å². The van der Waals surface area contributed by atoms with Crippen molar-refractivity contribution in [2.24, 2.45) is 0 Å². The van der Waals surface area contributed by atoms with Gasteiger partial charge in [-0.15, -0.1) is 0 Å². The maximum Gasteiger partial charge on any atom is 0.263 e. The molecule has 7 heteroatoms. The SMILES string of the molecule is CCCc1nc(-n2cccc2)sc1C(=O)NCCN1CCOCC1. The van der Waals surface area contributed by atoms with E-state index < -0.39 is 0 Å². The Hall–Kier alpha value is -1.70. The molecule has 1 saturated heterocycles. The van der Waals surface area contributed by atoms with E-state index in [0.29, 0.717) is 6.54 Å². The zero-order chi connectivity index (χ0) is 16.8. The molecule has 3 rings (SSSR count). The molecule has 0 unspecified atom stereocenters. The highest BCUT2D eigenvalue weighted by atomic mass is 32.1. The number of ether oxygens (including phenoxy) is 1. The summed E-state index contributed by atoms with van der Waals surface area (Å²) < 4.78 is 7.29. The van der Waals surface area contributed by atoms with E-state index in [4.69, 9.17) is 4.74 Å². The third-order valence-electron chi connectivity index (χ3n) is 4.02. The predicted molar refractivity (Wildman–Crippen MR) is 95.0 cm³/mol. The van der Waals surface area contributed by atoms with Crippen molar-refractivity contribution >= 4 is 17.2 Å². The number of aromatic nitrogens is 2. The summed E-state index contributed by atoms with van der Waals surface area (Å²) in [6, 6.07) is 3.92. The first kappa shape index (κ1) is 17.1. The van der Waals surface area contributed by atoms with Gasteiger partial charge in [-0.05, 0) is 18.6 Å². The van der Waals surface area contributed by atoms with Crippen LogP contribution in [0.2, 0.25) is 0 Å². The standard InChI is InChI=1S/C17H24N4O2S/c1-2-5-14-15(24-17(19-14)21-7-3-4-8-21)16(22)18-6-9-20-10-12-23-13-11-20/h3-4,7-8H,2,5-6,9-13H2,1H3,(H,18,22). The second kappa shape index (κ2) is 8.41. The number of thiazole rings is 1. The normalized spacial score (nSPS) is 15.5. The van der Waals surface area contributed by atoms with Crippen molar-refractivity contribution in [1.29, 1.82) is 0 Å². The second-order valence-corrected chi connectivity index (χ2v) is 6.80. The van der Waals surface area contributed by atoms with Crippen LogP contribution in [0, 0.1) is 0 Å². The van der Waals surface area contributed by atoms with Crippen molar-refractivity contribution in [2.45, 2.75) is 19.8 Å². The summed E-state index contributed by atoms with van der Waals surface area (Å²) in [5.41, 5.74) is 0.898. The lowest BCUT2D eigenvalue weighted by Gasteiger charge is -2.26. The molecular formula is C17H24N4O2S. The van der Waals surface area contributed by atoms with Crippen LogP contribution < -0.4 is 5.32 Å². The number of amides is 1. The molecule has 6 nitrogen and oxygen atoms in total. The van der Waals surface area contributed by atoms with Crippen LogP contribution in [0.3, 0.4) is 0 Å². The largest absolute Gasteiger partial charge is 0.379 e. The first-order chi connectivity index (χ1) is 11.8. The molecule has 1 N–H and O–H groups in total. The fraction of sp³-hybridized carbons (Fsp3) is 0.529. The van der Waals surface area contributed by atoms with Gasteiger partial charge in [-0.1, -0.05) is 24.7 Å². The zero-order valence-electron chi connectivity index (χ0n) is 14.0. The first-order valence-corrected chi connectivity index (χ1v) is 9.31. The van der Waals surface area contributed by atoms with Gasteiger partial charge >= 0.3 is 0 Å². The quantitative estimate of drug-likeness (QED) is 0.831. The van der Waals surface area contributed by atoms with E-state index in [1.54, 1.807) is 0 Å². The number of nitrogens with zero attached hydrogens (tertiary/aromatic N) is 3. The molecule has 2 aromatic rings. The Bertz CT molecular complexity index is 648. The molecule has 1 aliphatic heterocycles. The number of hydrogen-bond donors (Lipinski definition) is 1. The summed E-state index contributed by atoms with van der Waals surface area (Å²) in [6.45, 7) is 7.06. The predicted octanol–water partition coefficient (Wildman–Crippen LogP) is 1.95. The van der Waals surface area contributed by atoms with E-state index in [1.165, 1.54) is 11.3 Å². The van der Waals surface area contributed by atoms with Gasteiger partial charge in [-0.3, -0.25) is 9.69 Å². The molecule has 1 fully saturated rings. The number of carbonyl (C=O) groups excluding carboxylic acids is 1. The fourth-order valence-electron chi connectivity index (χ4n) is 2.73. The summed E-state index contributed by atoms with van der Waals surface area (Å²) in [5.74, 6) is -0.0115. The van der Waals surface area contributed by atoms with Crippen LogP contribution in [0.1, 0.15) is 28.7 Å². The smallest absolute Gasteiger partial charge is 0.263 e. The zero-order valence-corrected chi connectivity index (χ0v) is 14.8. The van der Waals surface area contributed by atoms with Gasteiger partial charge in [0, 0.05) is 38.6 Å². The number of hydrogen-bond acceptors (Lipinski definition) is 5. The van der Waals surface area contributed by atoms with Crippen LogP contribution in [-0.4, -0.2) is 59.8 Å². The van der Waals surface area contributed by atoms with E-state index >= 15 is 0 Å². The van der Waals surface area contributed by atoms with Gasteiger partial charge in [-0.25, -0.2) is 4.98 Å². The van der Waals surface area contributed by atoms with Crippen LogP contribution in [0.5, 0.6) is 0 Å². The molecular weight excluding hydrogens is 324 g/mol. The Morgan fingerprint density at radius 2 is 2.08 bits per heavy atom. The minimum Gasteiger partial charge on any atom is -0.379 e. The number of rotatable bonds is 7. The molecule has 1 aliphatic rings. The van der Waals surface area contributed by atoms with Crippen molar-refractivity contribution in [3.63, 3.8) is 0 Å². The van der Waals surface area contributed by atoms with Gasteiger partial charge in [0.1, 0.15) is 4.88 Å². The topological polar surface area (TPSA) is 59.4 Å². The summed E-state index contributed by atoms with van der Waals surface area (Å²) in [6.07, 6.45) is 5.70. The molecule has 0 atom stereocenters. The molecule has 0 aliphatic carbocycles. The highest BCUT2D eigenvalue weighted by Crippen LogP contribution is 2.23. The minimum atomic E-state index is -0.0115. The van der Waals surface area contributed by atoms with E-state index in [2.05, 4.69) is 22.1 Å². The van der Waals surface area contributed by atoms with Crippen LogP contribution in [0.15, 0.2) is 24.5 Å². The molecule has 0 aromatic carbocycles. The maximum atomic E-state index is 12.6. The summed E-state index contributed by atoms with van der Waals surface area (Å²) in [4.78, 5) is 20.3. The Morgan fingerprint density at radius 3 is 2.79 bits per heavy atom. The molecule has 2 aromatic heterocycles. The fourth-order valence-corrected chi connectivity index (χ4v) is 3.72. The lowest BCUT2D eigenvalue weighted by atomic mass is 10.2. The van der Waals surface area contributed by atoms with E-state index in [9.17, 15) is 4.79 Å². The second-order valence-electron chi connectivity index (χ2n) is 5.82. The highest BCUT2D eigenvalue weighted by Gasteiger charge is 2.18. The molecule has 0 spiro atoms. The Labute approximate surface area is 146 Å². The first-order valence-electron chi connectivity index (χ1n) is 8.49. The van der Waals surface area contributed by atoms with Crippen LogP contribution >= 0.6 is 11.3 Å². The molecule has 130 valence electrons. The summed E-state index contributed by atoms with van der Waals surface area (Å²) in [5, 5.41) is 3.89. The molecule has 3 heterocycles. The van der Waals surface area contributed by atoms with Gasteiger partial charge in [0.15, 0.2) is 5.13 Å². The third kappa shape index (κ3) is 4.23. The molecule has 24 heavy (non-hydrogen) atoms. The lowest BCUT2D eigenvalue weighted by molar-refractivity contribution is 0.0383. The maximum absolute atomic E-state index is 12.6. The van der Waals surface area contributed by atoms with E-state index in [-0.39, 0.29) is 5.91 Å². The Balaban J connectivity index is 1.62. The van der Waals surface area contributed by atoms with Crippen molar-refractivity contribution in [2.75, 3.05) is 39.4 Å². The average Bonchev–Trinajstić information content (AvgIpc) is 3.25. The van der Waals surface area contributed by atoms with E-state index in [0.717, 1.165) is 61.4 Å². The number of aryl methyl sites for hydroxylation is 1. The average molecular weight is 348 g/mol. The summed E-state index contributed by atoms with van der Waals surface area (Å²) >= 11 is 1.46. The third-order valence-corrected chi connectivity index (χ3v) is 5.13. The Kier molecular flexibility index (Phi) is 6.01.